The van der Waals surface area contributed by atoms with Crippen LogP contribution in [0.1, 0.15) is 47.9 Å². The van der Waals surface area contributed by atoms with Gasteiger partial charge in [0, 0.05) is 0 Å². The Morgan fingerprint density at radius 3 is 2.62 bits per heavy atom. The number of rotatable bonds is 6. The number of furan rings is 1. The van der Waals surface area contributed by atoms with Crippen molar-refractivity contribution >= 4 is 11.6 Å². The third kappa shape index (κ3) is 4.05. The van der Waals surface area contributed by atoms with Crippen LogP contribution >= 0.6 is 0 Å². The van der Waals surface area contributed by atoms with E-state index in [1.165, 1.54) is 6.26 Å². The molecule has 4 heteroatoms. The molecule has 2 rings (SSSR count). The van der Waals surface area contributed by atoms with E-state index in [1.807, 2.05) is 30.3 Å². The number of hydrogen-bond donors (Lipinski definition) is 1. The minimum Gasteiger partial charge on any atom is -0.469 e. The number of amides is 1. The minimum atomic E-state index is -0.244. The number of nitrogens with one attached hydrogen (secondary N) is 1. The SMILES string of the molecule is CCCC/C(=N/NC(=O)c1ccoc1C)c1ccccc1. The van der Waals surface area contributed by atoms with Gasteiger partial charge in [0.05, 0.1) is 17.5 Å². The van der Waals surface area contributed by atoms with E-state index >= 15 is 0 Å². The van der Waals surface area contributed by atoms with Crippen molar-refractivity contribution in [3.05, 3.63) is 59.5 Å². The molecule has 0 unspecified atom stereocenters. The van der Waals surface area contributed by atoms with E-state index in [-0.39, 0.29) is 5.91 Å². The van der Waals surface area contributed by atoms with Crippen molar-refractivity contribution in [2.24, 2.45) is 5.10 Å². The molecule has 0 fully saturated rings. The van der Waals surface area contributed by atoms with Crippen molar-refractivity contribution in [2.75, 3.05) is 0 Å². The molecule has 0 spiro atoms. The molecule has 1 amide bonds. The van der Waals surface area contributed by atoms with Crippen LogP contribution in [0.2, 0.25) is 0 Å². The maximum Gasteiger partial charge on any atom is 0.274 e. The Balaban J connectivity index is 2.13. The quantitative estimate of drug-likeness (QED) is 0.646. The lowest BCUT2D eigenvalue weighted by Crippen LogP contribution is -2.20. The van der Waals surface area contributed by atoms with Gasteiger partial charge in [0.1, 0.15) is 5.76 Å². The maximum atomic E-state index is 12.1. The van der Waals surface area contributed by atoms with Crippen LogP contribution in [-0.2, 0) is 0 Å². The number of carbonyl (C=O) groups is 1. The third-order valence-corrected chi connectivity index (χ3v) is 3.27. The van der Waals surface area contributed by atoms with Gasteiger partial charge in [0.2, 0.25) is 0 Å². The highest BCUT2D eigenvalue weighted by atomic mass is 16.3. The first-order valence-electron chi connectivity index (χ1n) is 7.18. The highest BCUT2D eigenvalue weighted by Crippen LogP contribution is 2.10. The topological polar surface area (TPSA) is 54.6 Å². The van der Waals surface area contributed by atoms with Gasteiger partial charge in [-0.2, -0.15) is 5.10 Å². The maximum absolute atomic E-state index is 12.1. The van der Waals surface area contributed by atoms with E-state index in [2.05, 4.69) is 17.5 Å². The molecule has 1 heterocycles. The van der Waals surface area contributed by atoms with Crippen molar-refractivity contribution in [3.63, 3.8) is 0 Å². The Morgan fingerprint density at radius 1 is 1.24 bits per heavy atom. The fraction of sp³-hybridized carbons (Fsp3) is 0.294. The number of hydrazone groups is 1. The summed E-state index contributed by atoms with van der Waals surface area (Å²) in [6.07, 6.45) is 4.46. The van der Waals surface area contributed by atoms with Crippen molar-refractivity contribution in [2.45, 2.75) is 33.1 Å². The molecule has 0 bridgehead atoms. The molecule has 0 aliphatic heterocycles. The Kier molecular flexibility index (Phi) is 5.32. The Hall–Kier alpha value is -2.36. The summed E-state index contributed by atoms with van der Waals surface area (Å²) < 4.78 is 5.13. The summed E-state index contributed by atoms with van der Waals surface area (Å²) in [5.41, 5.74) is 5.07. The smallest absolute Gasteiger partial charge is 0.274 e. The van der Waals surface area contributed by atoms with Crippen molar-refractivity contribution < 1.29 is 9.21 Å². The molecule has 0 aliphatic rings. The Bertz CT molecular complexity index is 615. The highest BCUT2D eigenvalue weighted by molar-refractivity contribution is 6.02. The lowest BCUT2D eigenvalue weighted by atomic mass is 10.1. The standard InChI is InChI=1S/C17H20N2O2/c1-3-4-10-16(14-8-6-5-7-9-14)18-19-17(20)15-11-12-21-13(15)2/h5-9,11-12H,3-4,10H2,1-2H3,(H,19,20)/b18-16-. The van der Waals surface area contributed by atoms with E-state index in [1.54, 1.807) is 13.0 Å². The molecule has 0 atom stereocenters. The summed E-state index contributed by atoms with van der Waals surface area (Å²) in [7, 11) is 0. The zero-order valence-electron chi connectivity index (χ0n) is 12.4. The second-order valence-electron chi connectivity index (χ2n) is 4.86. The number of aryl methyl sites for hydroxylation is 1. The van der Waals surface area contributed by atoms with Crippen LogP contribution in [0, 0.1) is 6.92 Å². The Labute approximate surface area is 124 Å². The summed E-state index contributed by atoms with van der Waals surface area (Å²) in [6, 6.07) is 11.6. The van der Waals surface area contributed by atoms with Gasteiger partial charge in [-0.15, -0.1) is 0 Å². The normalized spacial score (nSPS) is 11.4. The van der Waals surface area contributed by atoms with Gasteiger partial charge in [0.15, 0.2) is 0 Å². The van der Waals surface area contributed by atoms with E-state index in [0.29, 0.717) is 11.3 Å². The van der Waals surface area contributed by atoms with Gasteiger partial charge in [-0.3, -0.25) is 4.79 Å². The molecule has 110 valence electrons. The average molecular weight is 284 g/mol. The lowest BCUT2D eigenvalue weighted by molar-refractivity contribution is 0.0953. The van der Waals surface area contributed by atoms with Crippen LogP contribution in [0.5, 0.6) is 0 Å². The minimum absolute atomic E-state index is 0.244. The van der Waals surface area contributed by atoms with Crippen LogP contribution in [0.25, 0.3) is 0 Å². The average Bonchev–Trinajstić information content (AvgIpc) is 2.94. The number of unbranched alkanes of at least 4 members (excludes halogenated alkanes) is 1. The van der Waals surface area contributed by atoms with Gasteiger partial charge in [-0.25, -0.2) is 5.43 Å². The molecular weight excluding hydrogens is 264 g/mol. The first-order valence-corrected chi connectivity index (χ1v) is 7.18. The number of nitrogens with zero attached hydrogens (tertiary/aromatic N) is 1. The summed E-state index contributed by atoms with van der Waals surface area (Å²) in [4.78, 5) is 12.1. The number of benzene rings is 1. The van der Waals surface area contributed by atoms with Gasteiger partial charge in [-0.1, -0.05) is 43.7 Å². The van der Waals surface area contributed by atoms with Gasteiger partial charge >= 0.3 is 0 Å². The van der Waals surface area contributed by atoms with Crippen molar-refractivity contribution in [1.82, 2.24) is 5.43 Å². The lowest BCUT2D eigenvalue weighted by Gasteiger charge is -2.07. The second kappa shape index (κ2) is 7.43. The van der Waals surface area contributed by atoms with Gasteiger partial charge < -0.3 is 4.42 Å². The second-order valence-corrected chi connectivity index (χ2v) is 4.86. The van der Waals surface area contributed by atoms with Crippen LogP contribution in [0.4, 0.5) is 0 Å². The fourth-order valence-electron chi connectivity index (χ4n) is 2.04. The van der Waals surface area contributed by atoms with Crippen molar-refractivity contribution in [1.29, 1.82) is 0 Å². The van der Waals surface area contributed by atoms with Crippen LogP contribution in [-0.4, -0.2) is 11.6 Å². The van der Waals surface area contributed by atoms with Crippen LogP contribution < -0.4 is 5.43 Å². The molecule has 21 heavy (non-hydrogen) atoms. The molecule has 2 aromatic rings. The van der Waals surface area contributed by atoms with Crippen molar-refractivity contribution in [3.8, 4) is 0 Å². The van der Waals surface area contributed by atoms with E-state index in [0.717, 1.165) is 30.5 Å². The third-order valence-electron chi connectivity index (χ3n) is 3.27. The summed E-state index contributed by atoms with van der Waals surface area (Å²) in [6.45, 7) is 3.89. The van der Waals surface area contributed by atoms with E-state index < -0.39 is 0 Å². The zero-order chi connectivity index (χ0) is 15.1. The molecule has 0 aliphatic carbocycles. The molecule has 1 aromatic carbocycles. The monoisotopic (exact) mass is 284 g/mol. The molecule has 0 radical (unpaired) electrons. The van der Waals surface area contributed by atoms with E-state index in [9.17, 15) is 4.79 Å². The Morgan fingerprint density at radius 2 is 2.00 bits per heavy atom. The first kappa shape index (κ1) is 15.0. The molecular formula is C17H20N2O2. The van der Waals surface area contributed by atoms with Crippen LogP contribution in [0.15, 0.2) is 52.2 Å². The number of hydrogen-bond acceptors (Lipinski definition) is 3. The number of carbonyl (C=O) groups excluding carboxylic acids is 1. The largest absolute Gasteiger partial charge is 0.469 e. The summed E-state index contributed by atoms with van der Waals surface area (Å²) >= 11 is 0. The summed E-state index contributed by atoms with van der Waals surface area (Å²) in [5, 5.41) is 4.30. The van der Waals surface area contributed by atoms with Gasteiger partial charge in [0.25, 0.3) is 5.91 Å². The molecule has 0 saturated carbocycles. The molecule has 1 aromatic heterocycles. The van der Waals surface area contributed by atoms with Crippen LogP contribution in [0.3, 0.4) is 0 Å². The van der Waals surface area contributed by atoms with E-state index in [4.69, 9.17) is 4.42 Å². The predicted molar refractivity (Wildman–Crippen MR) is 83.4 cm³/mol. The zero-order valence-corrected chi connectivity index (χ0v) is 12.4. The summed E-state index contributed by atoms with van der Waals surface area (Å²) in [5.74, 6) is 0.351. The highest BCUT2D eigenvalue weighted by Gasteiger charge is 2.11. The van der Waals surface area contributed by atoms with Gasteiger partial charge in [-0.05, 0) is 31.4 Å². The molecule has 1 N–H and O–H groups in total. The molecule has 0 saturated heterocycles. The molecule has 4 nitrogen and oxygen atoms in total. The predicted octanol–water partition coefficient (Wildman–Crippen LogP) is 3.91. The fourth-order valence-corrected chi connectivity index (χ4v) is 2.04. The first-order chi connectivity index (χ1) is 10.2.